The van der Waals surface area contributed by atoms with E-state index in [1.54, 1.807) is 6.07 Å². The molecular weight excluding hydrogens is 370 g/mol. The van der Waals surface area contributed by atoms with Gasteiger partial charge in [-0.3, -0.25) is 19.7 Å². The van der Waals surface area contributed by atoms with E-state index in [2.05, 4.69) is 4.99 Å². The lowest BCUT2D eigenvalue weighted by molar-refractivity contribution is -0.384. The van der Waals surface area contributed by atoms with Crippen LogP contribution >= 0.6 is 11.3 Å². The number of nitro benzene ring substituents is 1. The van der Waals surface area contributed by atoms with Gasteiger partial charge < -0.3 is 9.30 Å². The lowest BCUT2D eigenvalue weighted by Gasteiger charge is -2.03. The van der Waals surface area contributed by atoms with Gasteiger partial charge in [0.1, 0.15) is 6.54 Å². The monoisotopic (exact) mass is 385 g/mol. The molecule has 8 nitrogen and oxygen atoms in total. The van der Waals surface area contributed by atoms with E-state index >= 15 is 0 Å². The maximum absolute atomic E-state index is 12.3. The van der Waals surface area contributed by atoms with Crippen LogP contribution in [0.15, 0.2) is 53.5 Å². The fourth-order valence-corrected chi connectivity index (χ4v) is 3.55. The Morgan fingerprint density at radius 3 is 2.63 bits per heavy atom. The van der Waals surface area contributed by atoms with Crippen LogP contribution in [0.2, 0.25) is 0 Å². The Morgan fingerprint density at radius 2 is 1.96 bits per heavy atom. The molecule has 3 aromatic rings. The van der Waals surface area contributed by atoms with Crippen molar-refractivity contribution in [2.24, 2.45) is 4.99 Å². The lowest BCUT2D eigenvalue weighted by atomic mass is 10.1. The number of carbonyl (C=O) groups excluding carboxylic acids is 2. The molecule has 0 atom stereocenters. The smallest absolute Gasteiger partial charge is 0.325 e. The number of esters is 1. The second-order valence-electron chi connectivity index (χ2n) is 5.62. The summed E-state index contributed by atoms with van der Waals surface area (Å²) in [6, 6.07) is 13.5. The molecule has 0 N–H and O–H groups in total. The largest absolute Gasteiger partial charge is 0.468 e. The molecule has 0 saturated heterocycles. The topological polar surface area (TPSA) is 104 Å². The van der Waals surface area contributed by atoms with Crippen LogP contribution in [0.3, 0.4) is 0 Å². The van der Waals surface area contributed by atoms with Crippen molar-refractivity contribution in [3.63, 3.8) is 0 Å². The van der Waals surface area contributed by atoms with E-state index in [1.807, 2.05) is 30.3 Å². The minimum atomic E-state index is -0.543. The fraction of sp³-hybridized carbons (Fsp3) is 0.167. The minimum absolute atomic E-state index is 0.110. The zero-order valence-electron chi connectivity index (χ0n) is 14.3. The SMILES string of the molecule is COC(=O)Cn1c(=NC(=O)Cc2ccccc2)sc2ccc([N+](=O)[O-])cc21. The first-order valence-electron chi connectivity index (χ1n) is 7.94. The Kier molecular flexibility index (Phi) is 5.41. The van der Waals surface area contributed by atoms with E-state index in [9.17, 15) is 19.7 Å². The number of carbonyl (C=O) groups is 2. The standard InChI is InChI=1S/C18H15N3O5S/c1-26-17(23)11-20-14-10-13(21(24)25)7-8-15(14)27-18(20)19-16(22)9-12-5-3-2-4-6-12/h2-8,10H,9,11H2,1H3. The van der Waals surface area contributed by atoms with E-state index in [4.69, 9.17) is 4.74 Å². The molecule has 0 saturated carbocycles. The normalized spacial score (nSPS) is 11.5. The number of methoxy groups -OCH3 is 1. The van der Waals surface area contributed by atoms with Gasteiger partial charge >= 0.3 is 5.97 Å². The van der Waals surface area contributed by atoms with E-state index in [0.29, 0.717) is 10.2 Å². The molecule has 27 heavy (non-hydrogen) atoms. The summed E-state index contributed by atoms with van der Waals surface area (Å²) in [6.07, 6.45) is 0.119. The van der Waals surface area contributed by atoms with Crippen molar-refractivity contribution in [2.75, 3.05) is 7.11 Å². The number of non-ortho nitro benzene ring substituents is 1. The third-order valence-electron chi connectivity index (χ3n) is 3.81. The summed E-state index contributed by atoms with van der Waals surface area (Å²) in [6.45, 7) is -0.199. The molecular formula is C18H15N3O5S. The van der Waals surface area contributed by atoms with Gasteiger partial charge in [-0.2, -0.15) is 4.99 Å². The number of hydrogen-bond acceptors (Lipinski definition) is 6. The van der Waals surface area contributed by atoms with E-state index in [1.165, 1.54) is 35.1 Å². The highest BCUT2D eigenvalue weighted by atomic mass is 32.1. The molecule has 1 amide bonds. The predicted molar refractivity (Wildman–Crippen MR) is 99.2 cm³/mol. The number of thiazole rings is 1. The molecule has 0 aliphatic rings. The third kappa shape index (κ3) is 4.26. The highest BCUT2D eigenvalue weighted by Gasteiger charge is 2.15. The van der Waals surface area contributed by atoms with Crippen LogP contribution in [0.4, 0.5) is 5.69 Å². The number of amides is 1. The molecule has 1 aromatic heterocycles. The number of rotatable bonds is 5. The summed E-state index contributed by atoms with van der Waals surface area (Å²) >= 11 is 1.18. The molecule has 9 heteroatoms. The Bertz CT molecular complexity index is 1090. The van der Waals surface area contributed by atoms with Crippen LogP contribution < -0.4 is 4.80 Å². The van der Waals surface area contributed by atoms with Gasteiger partial charge in [0, 0.05) is 12.1 Å². The minimum Gasteiger partial charge on any atom is -0.468 e. The number of hydrogen-bond donors (Lipinski definition) is 0. The van der Waals surface area contributed by atoms with Crippen molar-refractivity contribution in [2.45, 2.75) is 13.0 Å². The number of aromatic nitrogens is 1. The fourth-order valence-electron chi connectivity index (χ4n) is 2.52. The number of benzene rings is 2. The summed E-state index contributed by atoms with van der Waals surface area (Å²) < 4.78 is 6.83. The van der Waals surface area contributed by atoms with Gasteiger partial charge in [-0.15, -0.1) is 0 Å². The first kappa shape index (κ1) is 18.5. The van der Waals surface area contributed by atoms with Gasteiger partial charge in [0.15, 0.2) is 4.80 Å². The van der Waals surface area contributed by atoms with Crippen LogP contribution in [0, 0.1) is 10.1 Å². The molecule has 0 unspecified atom stereocenters. The molecule has 0 aliphatic carbocycles. The van der Waals surface area contributed by atoms with Gasteiger partial charge in [-0.1, -0.05) is 41.7 Å². The van der Waals surface area contributed by atoms with Crippen LogP contribution in [0.5, 0.6) is 0 Å². The summed E-state index contributed by atoms with van der Waals surface area (Å²) in [5, 5.41) is 11.1. The van der Waals surface area contributed by atoms with Gasteiger partial charge in [0.25, 0.3) is 11.6 Å². The highest BCUT2D eigenvalue weighted by molar-refractivity contribution is 7.16. The number of fused-ring (bicyclic) bond motifs is 1. The van der Waals surface area contributed by atoms with Gasteiger partial charge in [0.05, 0.1) is 28.7 Å². The Morgan fingerprint density at radius 1 is 1.22 bits per heavy atom. The Hall–Kier alpha value is -3.33. The second-order valence-corrected chi connectivity index (χ2v) is 6.63. The van der Waals surface area contributed by atoms with Crippen molar-refractivity contribution in [1.82, 2.24) is 4.57 Å². The van der Waals surface area contributed by atoms with E-state index in [-0.39, 0.29) is 29.4 Å². The summed E-state index contributed by atoms with van der Waals surface area (Å²) in [5.41, 5.74) is 1.16. The lowest BCUT2D eigenvalue weighted by Crippen LogP contribution is -2.22. The summed E-state index contributed by atoms with van der Waals surface area (Å²) in [4.78, 5) is 39.1. The van der Waals surface area contributed by atoms with Gasteiger partial charge in [-0.25, -0.2) is 0 Å². The summed E-state index contributed by atoms with van der Waals surface area (Å²) in [5.74, 6) is -0.918. The number of nitrogens with zero attached hydrogens (tertiary/aromatic N) is 3. The first-order chi connectivity index (χ1) is 13.0. The first-order valence-corrected chi connectivity index (χ1v) is 8.75. The number of nitro groups is 1. The van der Waals surface area contributed by atoms with Crippen LogP contribution in [0.1, 0.15) is 5.56 Å². The second kappa shape index (κ2) is 7.92. The average molecular weight is 385 g/mol. The maximum Gasteiger partial charge on any atom is 0.325 e. The zero-order valence-corrected chi connectivity index (χ0v) is 15.1. The molecule has 138 valence electrons. The molecule has 1 heterocycles. The Labute approximate surface area is 157 Å². The quantitative estimate of drug-likeness (QED) is 0.381. The molecule has 0 bridgehead atoms. The van der Waals surface area contributed by atoms with Gasteiger partial charge in [-0.05, 0) is 11.6 Å². The molecule has 0 aliphatic heterocycles. The van der Waals surface area contributed by atoms with Crippen molar-refractivity contribution >= 4 is 39.1 Å². The van der Waals surface area contributed by atoms with Crippen molar-refractivity contribution < 1.29 is 19.2 Å². The zero-order chi connectivity index (χ0) is 19.4. The van der Waals surface area contributed by atoms with Crippen LogP contribution in [-0.4, -0.2) is 28.5 Å². The van der Waals surface area contributed by atoms with Crippen molar-refractivity contribution in [3.05, 3.63) is 69.0 Å². The molecule has 0 spiro atoms. The van der Waals surface area contributed by atoms with Crippen LogP contribution in [0.25, 0.3) is 10.2 Å². The van der Waals surface area contributed by atoms with Gasteiger partial charge in [0.2, 0.25) is 0 Å². The molecule has 3 rings (SSSR count). The molecule has 0 fully saturated rings. The van der Waals surface area contributed by atoms with Crippen molar-refractivity contribution in [3.8, 4) is 0 Å². The summed E-state index contributed by atoms with van der Waals surface area (Å²) in [7, 11) is 1.25. The molecule has 0 radical (unpaired) electrons. The predicted octanol–water partition coefficient (Wildman–Crippen LogP) is 2.45. The van der Waals surface area contributed by atoms with Crippen LogP contribution in [-0.2, 0) is 27.3 Å². The van der Waals surface area contributed by atoms with Crippen molar-refractivity contribution in [1.29, 1.82) is 0 Å². The average Bonchev–Trinajstić information content (AvgIpc) is 2.98. The van der Waals surface area contributed by atoms with E-state index in [0.717, 1.165) is 5.56 Å². The highest BCUT2D eigenvalue weighted by Crippen LogP contribution is 2.23. The van der Waals surface area contributed by atoms with E-state index < -0.39 is 10.9 Å². The number of ether oxygens (including phenoxy) is 1. The third-order valence-corrected chi connectivity index (χ3v) is 4.87. The Balaban J connectivity index is 2.07. The maximum atomic E-state index is 12.3. The molecule has 2 aromatic carbocycles.